The first kappa shape index (κ1) is 15.3. The summed E-state index contributed by atoms with van der Waals surface area (Å²) in [6.45, 7) is 1.16. The summed E-state index contributed by atoms with van der Waals surface area (Å²) in [6, 6.07) is 0. The third-order valence-corrected chi connectivity index (χ3v) is 4.19. The van der Waals surface area contributed by atoms with Gasteiger partial charge in [-0.05, 0) is 28.3 Å². The Morgan fingerprint density at radius 2 is 2.23 bits per heavy atom. The van der Waals surface area contributed by atoms with Crippen LogP contribution in [0.3, 0.4) is 0 Å². The van der Waals surface area contributed by atoms with E-state index < -0.39 is 11.9 Å². The number of hydrogen-bond donors (Lipinski definition) is 1. The molecule has 0 spiro atoms. The minimum Gasteiger partial charge on any atom is -0.369 e. The zero-order valence-corrected chi connectivity index (χ0v) is 13.0. The molecule has 0 amide bonds. The minimum absolute atomic E-state index is 0.227. The molecule has 0 fully saturated rings. The molecular formula is C13H13BrF3N5. The fourth-order valence-corrected chi connectivity index (χ4v) is 2.86. The van der Waals surface area contributed by atoms with Gasteiger partial charge in [-0.15, -0.1) is 0 Å². The number of nitrogens with one attached hydrogen (secondary N) is 1. The summed E-state index contributed by atoms with van der Waals surface area (Å²) in [4.78, 5) is 11.7. The molecule has 118 valence electrons. The molecule has 2 aromatic heterocycles. The van der Waals surface area contributed by atoms with Gasteiger partial charge in [0.25, 0.3) is 0 Å². The lowest BCUT2D eigenvalue weighted by Gasteiger charge is -2.24. The highest BCUT2D eigenvalue weighted by Gasteiger charge is 2.35. The number of alkyl halides is 3. The van der Waals surface area contributed by atoms with Crippen LogP contribution in [0, 0.1) is 5.92 Å². The van der Waals surface area contributed by atoms with Gasteiger partial charge >= 0.3 is 6.18 Å². The van der Waals surface area contributed by atoms with E-state index in [0.717, 1.165) is 17.1 Å². The van der Waals surface area contributed by atoms with Crippen LogP contribution in [0.25, 0.3) is 0 Å². The van der Waals surface area contributed by atoms with Gasteiger partial charge in [0.15, 0.2) is 5.69 Å². The number of imidazole rings is 1. The maximum atomic E-state index is 12.7. The van der Waals surface area contributed by atoms with Gasteiger partial charge in [-0.1, -0.05) is 0 Å². The van der Waals surface area contributed by atoms with E-state index in [1.54, 1.807) is 10.8 Å². The molecule has 1 atom stereocenters. The molecule has 5 nitrogen and oxygen atoms in total. The van der Waals surface area contributed by atoms with Crippen molar-refractivity contribution in [2.45, 2.75) is 25.6 Å². The van der Waals surface area contributed by atoms with Crippen molar-refractivity contribution in [3.63, 3.8) is 0 Å². The summed E-state index contributed by atoms with van der Waals surface area (Å²) in [6.07, 6.45) is 1.14. The van der Waals surface area contributed by atoms with Crippen LogP contribution >= 0.6 is 15.9 Å². The van der Waals surface area contributed by atoms with Gasteiger partial charge in [0.2, 0.25) is 0 Å². The molecule has 1 unspecified atom stereocenters. The first-order valence-corrected chi connectivity index (χ1v) is 7.55. The Bertz CT molecular complexity index is 670. The second-order valence-corrected chi connectivity index (χ2v) is 6.05. The highest BCUT2D eigenvalue weighted by molar-refractivity contribution is 9.10. The summed E-state index contributed by atoms with van der Waals surface area (Å²) < 4.78 is 40.4. The number of fused-ring (bicyclic) bond motifs is 1. The summed E-state index contributed by atoms with van der Waals surface area (Å²) >= 11 is 3.34. The first-order valence-electron chi connectivity index (χ1n) is 6.76. The largest absolute Gasteiger partial charge is 0.434 e. The van der Waals surface area contributed by atoms with Gasteiger partial charge in [0.1, 0.15) is 18.0 Å². The molecule has 0 aliphatic carbocycles. The number of halogens is 4. The van der Waals surface area contributed by atoms with E-state index in [1.165, 1.54) is 6.33 Å². The standard InChI is InChI=1S/C13H13BrF3N5/c14-9-4-18-7-20-12(9)19-3-8-1-2-11-21-10(13(15,16)17)6-22(11)5-8/h4,6-8H,1-3,5H2,(H,18,19,20). The Kier molecular flexibility index (Phi) is 4.07. The SMILES string of the molecule is FC(F)(F)c1cn2c(n1)CCC(CNc1ncncc1Br)C2. The molecule has 2 aromatic rings. The average Bonchev–Trinajstić information content (AvgIpc) is 2.90. The molecule has 1 N–H and O–H groups in total. The van der Waals surface area contributed by atoms with Crippen LogP contribution in [0.5, 0.6) is 0 Å². The Balaban J connectivity index is 1.65. The number of rotatable bonds is 3. The van der Waals surface area contributed by atoms with Gasteiger partial charge in [0, 0.05) is 31.9 Å². The number of hydrogen-bond acceptors (Lipinski definition) is 4. The van der Waals surface area contributed by atoms with E-state index in [2.05, 4.69) is 36.2 Å². The zero-order chi connectivity index (χ0) is 15.7. The highest BCUT2D eigenvalue weighted by atomic mass is 79.9. The first-order chi connectivity index (χ1) is 10.4. The van der Waals surface area contributed by atoms with Gasteiger partial charge < -0.3 is 9.88 Å². The summed E-state index contributed by atoms with van der Waals surface area (Å²) in [5, 5.41) is 3.20. The molecule has 0 radical (unpaired) electrons. The lowest BCUT2D eigenvalue weighted by molar-refractivity contribution is -0.141. The molecule has 1 aliphatic rings. The fourth-order valence-electron chi connectivity index (χ4n) is 2.50. The van der Waals surface area contributed by atoms with Crippen molar-refractivity contribution in [1.29, 1.82) is 0 Å². The Morgan fingerprint density at radius 1 is 1.41 bits per heavy atom. The molecule has 0 bridgehead atoms. The second kappa shape index (κ2) is 5.86. The normalized spacial score (nSPS) is 18.1. The summed E-state index contributed by atoms with van der Waals surface area (Å²) in [7, 11) is 0. The number of anilines is 1. The van der Waals surface area contributed by atoms with Crippen molar-refractivity contribution in [3.8, 4) is 0 Å². The smallest absolute Gasteiger partial charge is 0.369 e. The Labute approximate surface area is 133 Å². The van der Waals surface area contributed by atoms with Crippen molar-refractivity contribution in [2.75, 3.05) is 11.9 Å². The second-order valence-electron chi connectivity index (χ2n) is 5.20. The van der Waals surface area contributed by atoms with E-state index in [0.29, 0.717) is 31.2 Å². The molecule has 22 heavy (non-hydrogen) atoms. The Morgan fingerprint density at radius 3 is 2.95 bits per heavy atom. The van der Waals surface area contributed by atoms with Gasteiger partial charge in [-0.3, -0.25) is 0 Å². The van der Waals surface area contributed by atoms with Crippen LogP contribution in [0.4, 0.5) is 19.0 Å². The monoisotopic (exact) mass is 375 g/mol. The molecule has 1 aliphatic heterocycles. The van der Waals surface area contributed by atoms with Gasteiger partial charge in [-0.25, -0.2) is 15.0 Å². The molecular weight excluding hydrogens is 363 g/mol. The van der Waals surface area contributed by atoms with Crippen molar-refractivity contribution >= 4 is 21.7 Å². The van der Waals surface area contributed by atoms with Crippen LogP contribution in [-0.4, -0.2) is 26.1 Å². The highest BCUT2D eigenvalue weighted by Crippen LogP contribution is 2.30. The van der Waals surface area contributed by atoms with Crippen molar-refractivity contribution in [1.82, 2.24) is 19.5 Å². The molecule has 9 heteroatoms. The van der Waals surface area contributed by atoms with Crippen LogP contribution < -0.4 is 5.32 Å². The Hall–Kier alpha value is -1.64. The maximum absolute atomic E-state index is 12.7. The topological polar surface area (TPSA) is 55.6 Å². The van der Waals surface area contributed by atoms with Crippen molar-refractivity contribution in [3.05, 3.63) is 34.7 Å². The molecule has 0 aromatic carbocycles. The van der Waals surface area contributed by atoms with Gasteiger partial charge in [-0.2, -0.15) is 13.2 Å². The minimum atomic E-state index is -4.39. The number of aryl methyl sites for hydroxylation is 1. The van der Waals surface area contributed by atoms with E-state index in [-0.39, 0.29) is 5.92 Å². The predicted molar refractivity (Wildman–Crippen MR) is 77.3 cm³/mol. The number of nitrogens with zero attached hydrogens (tertiary/aromatic N) is 4. The van der Waals surface area contributed by atoms with E-state index in [9.17, 15) is 13.2 Å². The van der Waals surface area contributed by atoms with Crippen LogP contribution in [0.2, 0.25) is 0 Å². The summed E-state index contributed by atoms with van der Waals surface area (Å²) in [5.74, 6) is 1.42. The summed E-state index contributed by atoms with van der Waals surface area (Å²) in [5.41, 5.74) is -0.811. The van der Waals surface area contributed by atoms with E-state index >= 15 is 0 Å². The van der Waals surface area contributed by atoms with Crippen LogP contribution in [0.1, 0.15) is 17.9 Å². The maximum Gasteiger partial charge on any atom is 0.434 e. The third kappa shape index (κ3) is 3.23. The zero-order valence-electron chi connectivity index (χ0n) is 11.4. The molecule has 0 saturated heterocycles. The predicted octanol–water partition coefficient (Wildman–Crippen LogP) is 3.13. The van der Waals surface area contributed by atoms with Crippen LogP contribution in [-0.2, 0) is 19.1 Å². The van der Waals surface area contributed by atoms with Gasteiger partial charge in [0.05, 0.1) is 4.47 Å². The van der Waals surface area contributed by atoms with E-state index in [4.69, 9.17) is 0 Å². The third-order valence-electron chi connectivity index (χ3n) is 3.61. The molecule has 0 saturated carbocycles. The lowest BCUT2D eigenvalue weighted by Crippen LogP contribution is -2.26. The lowest BCUT2D eigenvalue weighted by atomic mass is 9.99. The van der Waals surface area contributed by atoms with Crippen molar-refractivity contribution in [2.24, 2.45) is 5.92 Å². The molecule has 3 heterocycles. The van der Waals surface area contributed by atoms with E-state index in [1.807, 2.05) is 0 Å². The molecule has 3 rings (SSSR count). The van der Waals surface area contributed by atoms with Crippen molar-refractivity contribution < 1.29 is 13.2 Å². The van der Waals surface area contributed by atoms with Crippen LogP contribution in [0.15, 0.2) is 23.2 Å². The average molecular weight is 376 g/mol. The fraction of sp³-hybridized carbons (Fsp3) is 0.462. The quantitative estimate of drug-likeness (QED) is 0.895. The number of aromatic nitrogens is 4.